The molecule has 354 valence electrons. The van der Waals surface area contributed by atoms with Gasteiger partial charge < -0.3 is 46.1 Å². The number of urea groups is 3. The first-order chi connectivity index (χ1) is 32.3. The average molecular weight is 901 g/mol. The summed E-state index contributed by atoms with van der Waals surface area (Å²) in [7, 11) is 0. The number of carbonyl (C=O) groups excluding carboxylic acids is 3. The molecule has 3 fully saturated rings. The van der Waals surface area contributed by atoms with Gasteiger partial charge in [-0.05, 0) is 128 Å². The van der Waals surface area contributed by atoms with Crippen LogP contribution in [0.15, 0.2) is 72.8 Å². The first-order valence-corrected chi connectivity index (χ1v) is 24.9. The fourth-order valence-corrected chi connectivity index (χ4v) is 10.2. The Hall–Kier alpha value is -5.91. The van der Waals surface area contributed by atoms with Crippen molar-refractivity contribution in [3.8, 4) is 17.2 Å². The molecule has 0 atom stereocenters. The van der Waals surface area contributed by atoms with Gasteiger partial charge in [-0.1, -0.05) is 96.8 Å². The summed E-state index contributed by atoms with van der Waals surface area (Å²) >= 11 is 0. The second-order valence-electron chi connectivity index (χ2n) is 18.2. The van der Waals surface area contributed by atoms with E-state index < -0.39 is 0 Å². The molecule has 4 aromatic carbocycles. The molecule has 0 unspecified atom stereocenters. The van der Waals surface area contributed by atoms with Crippen LogP contribution in [0.3, 0.4) is 0 Å². The molecule has 0 aromatic heterocycles. The Labute approximate surface area is 392 Å². The minimum Gasteiger partial charge on any atom is -0.489 e. The largest absolute Gasteiger partial charge is 0.489 e. The molecule has 0 bridgehead atoms. The molecular formula is C54H72N6O6. The summed E-state index contributed by atoms with van der Waals surface area (Å²) in [4.78, 5) is 38.9. The van der Waals surface area contributed by atoms with E-state index >= 15 is 0 Å². The molecule has 3 saturated carbocycles. The maximum Gasteiger partial charge on any atom is 0.319 e. The van der Waals surface area contributed by atoms with Gasteiger partial charge in [0.15, 0.2) is 0 Å². The summed E-state index contributed by atoms with van der Waals surface area (Å²) in [5, 5.41) is 18.5. The van der Waals surface area contributed by atoms with E-state index in [4.69, 9.17) is 14.2 Å². The van der Waals surface area contributed by atoms with Gasteiger partial charge in [-0.15, -0.1) is 0 Å². The molecule has 3 aliphatic rings. The first-order valence-electron chi connectivity index (χ1n) is 24.9. The molecule has 4 aromatic rings. The first kappa shape index (κ1) is 48.0. The molecule has 0 heterocycles. The normalized spacial score (nSPS) is 15.9. The lowest BCUT2D eigenvalue weighted by Crippen LogP contribution is -2.39. The van der Waals surface area contributed by atoms with E-state index in [1.165, 1.54) is 36.0 Å². The van der Waals surface area contributed by atoms with Crippen molar-refractivity contribution >= 4 is 35.2 Å². The minimum absolute atomic E-state index is 0.196. The van der Waals surface area contributed by atoms with Crippen LogP contribution in [0.5, 0.6) is 17.2 Å². The zero-order valence-electron chi connectivity index (χ0n) is 39.5. The molecule has 66 heavy (non-hydrogen) atoms. The topological polar surface area (TPSA) is 151 Å². The third-order valence-electron chi connectivity index (χ3n) is 13.5. The Morgan fingerprint density at radius 3 is 0.939 bits per heavy atom. The highest BCUT2D eigenvalue weighted by atomic mass is 16.5. The van der Waals surface area contributed by atoms with Crippen molar-refractivity contribution in [3.63, 3.8) is 0 Å². The lowest BCUT2D eigenvalue weighted by Gasteiger charge is -2.26. The van der Waals surface area contributed by atoms with Crippen LogP contribution in [0.2, 0.25) is 0 Å². The number of hydrogen-bond donors (Lipinski definition) is 6. The Morgan fingerprint density at radius 1 is 0.409 bits per heavy atom. The predicted octanol–water partition coefficient (Wildman–Crippen LogP) is 12.5. The van der Waals surface area contributed by atoms with Crippen molar-refractivity contribution in [1.29, 1.82) is 0 Å². The highest BCUT2D eigenvalue weighted by molar-refractivity contribution is 5.91. The predicted molar refractivity (Wildman–Crippen MR) is 264 cm³/mol. The van der Waals surface area contributed by atoms with Crippen LogP contribution in [0.25, 0.3) is 0 Å². The second-order valence-corrected chi connectivity index (χ2v) is 18.2. The standard InChI is InChI=1S/C54H72N6O6/c1-4-46-49(34-64-43-28-16-25-40(31-43)58-52(61)55-37-19-10-7-11-20-37)47(5-2)51(36-66-45-30-18-27-42(33-45)60-54(63)57-39-23-14-9-15-24-39)48(6-3)50(46)35-65-44-29-17-26-41(32-44)59-53(62)56-38-21-12-8-13-22-38/h16-18,25-33,37-39H,4-15,19-24,34-36H2,1-3H3,(H2,55,58,61)(H2,56,59,62)(H2,57,60,63). The van der Waals surface area contributed by atoms with Crippen molar-refractivity contribution in [2.75, 3.05) is 16.0 Å². The summed E-state index contributed by atoms with van der Waals surface area (Å²) in [6.45, 7) is 7.43. The molecule has 12 nitrogen and oxygen atoms in total. The molecule has 12 heteroatoms. The zero-order chi connectivity index (χ0) is 46.1. The van der Waals surface area contributed by atoms with Crippen molar-refractivity contribution in [2.45, 2.75) is 174 Å². The molecule has 6 amide bonds. The van der Waals surface area contributed by atoms with Gasteiger partial charge >= 0.3 is 18.1 Å². The van der Waals surface area contributed by atoms with E-state index in [9.17, 15) is 14.4 Å². The molecular weight excluding hydrogens is 829 g/mol. The smallest absolute Gasteiger partial charge is 0.319 e. The maximum absolute atomic E-state index is 13.0. The highest BCUT2D eigenvalue weighted by Crippen LogP contribution is 2.34. The fourth-order valence-electron chi connectivity index (χ4n) is 10.2. The van der Waals surface area contributed by atoms with Gasteiger partial charge in [-0.25, -0.2) is 14.4 Å². The van der Waals surface area contributed by atoms with Crippen LogP contribution < -0.4 is 46.1 Å². The number of rotatable bonds is 18. The Balaban J connectivity index is 1.12. The van der Waals surface area contributed by atoms with Crippen molar-refractivity contribution in [3.05, 3.63) is 106 Å². The zero-order valence-corrected chi connectivity index (χ0v) is 39.5. The number of benzene rings is 4. The van der Waals surface area contributed by atoms with Crippen LogP contribution in [-0.4, -0.2) is 36.2 Å². The third kappa shape index (κ3) is 13.8. The molecule has 0 spiro atoms. The SMILES string of the molecule is CCc1c(COc2cccc(NC(=O)NC3CCCCC3)c2)c(CC)c(COc2cccc(NC(=O)NC3CCCCC3)c2)c(CC)c1COc1cccc(NC(=O)NC2CCCCC2)c1. The summed E-state index contributed by atoms with van der Waals surface area (Å²) in [6, 6.07) is 22.7. The molecule has 7 rings (SSSR count). The Kier molecular flexibility index (Phi) is 17.9. The molecule has 0 aliphatic heterocycles. The van der Waals surface area contributed by atoms with E-state index in [2.05, 4.69) is 52.7 Å². The van der Waals surface area contributed by atoms with E-state index in [0.29, 0.717) is 54.1 Å². The molecule has 0 radical (unpaired) electrons. The van der Waals surface area contributed by atoms with E-state index in [0.717, 1.165) is 113 Å². The van der Waals surface area contributed by atoms with Crippen LogP contribution in [0, 0.1) is 0 Å². The van der Waals surface area contributed by atoms with E-state index in [1.807, 2.05) is 72.8 Å². The summed E-state index contributed by atoms with van der Waals surface area (Å²) < 4.78 is 19.9. The van der Waals surface area contributed by atoms with Crippen molar-refractivity contribution in [1.82, 2.24) is 16.0 Å². The minimum atomic E-state index is -0.196. The molecule has 3 aliphatic carbocycles. The monoisotopic (exact) mass is 901 g/mol. The number of nitrogens with one attached hydrogen (secondary N) is 6. The third-order valence-corrected chi connectivity index (χ3v) is 13.5. The van der Waals surface area contributed by atoms with Gasteiger partial charge in [0.1, 0.15) is 37.1 Å². The number of ether oxygens (including phenoxy) is 3. The molecule has 0 saturated heterocycles. The maximum atomic E-state index is 13.0. The Bertz CT molecular complexity index is 1960. The number of anilines is 3. The van der Waals surface area contributed by atoms with Gasteiger partial charge in [-0.3, -0.25) is 0 Å². The number of carbonyl (C=O) groups is 3. The van der Waals surface area contributed by atoms with Gasteiger partial charge in [0.05, 0.1) is 0 Å². The highest BCUT2D eigenvalue weighted by Gasteiger charge is 2.24. The summed E-state index contributed by atoms with van der Waals surface area (Å²) in [5.41, 5.74) is 8.79. The summed E-state index contributed by atoms with van der Waals surface area (Å²) in [5.74, 6) is 1.95. The van der Waals surface area contributed by atoms with Gasteiger partial charge in [0.2, 0.25) is 0 Å². The van der Waals surface area contributed by atoms with Crippen molar-refractivity contribution in [2.24, 2.45) is 0 Å². The quantitative estimate of drug-likeness (QED) is 0.0585. The number of hydrogen-bond acceptors (Lipinski definition) is 6. The molecule has 6 N–H and O–H groups in total. The van der Waals surface area contributed by atoms with Crippen LogP contribution in [0.4, 0.5) is 31.4 Å². The van der Waals surface area contributed by atoms with Gasteiger partial charge in [0, 0.05) is 53.4 Å². The van der Waals surface area contributed by atoms with E-state index in [1.54, 1.807) is 0 Å². The lowest BCUT2D eigenvalue weighted by molar-refractivity contribution is 0.243. The number of amides is 6. The average Bonchev–Trinajstić information content (AvgIpc) is 3.32. The van der Waals surface area contributed by atoms with Crippen LogP contribution in [0.1, 0.15) is 150 Å². The van der Waals surface area contributed by atoms with Crippen LogP contribution in [-0.2, 0) is 39.1 Å². The fraction of sp³-hybridized carbons (Fsp3) is 0.500. The Morgan fingerprint density at radius 2 is 0.682 bits per heavy atom. The van der Waals surface area contributed by atoms with Crippen molar-refractivity contribution < 1.29 is 28.6 Å². The lowest BCUT2D eigenvalue weighted by atomic mass is 9.84. The van der Waals surface area contributed by atoms with E-state index in [-0.39, 0.29) is 36.2 Å². The van der Waals surface area contributed by atoms with Gasteiger partial charge in [-0.2, -0.15) is 0 Å². The van der Waals surface area contributed by atoms with Crippen LogP contribution >= 0.6 is 0 Å². The summed E-state index contributed by atoms with van der Waals surface area (Å²) in [6.07, 6.45) is 18.9. The van der Waals surface area contributed by atoms with Gasteiger partial charge in [0.25, 0.3) is 0 Å². The second kappa shape index (κ2) is 24.6.